The van der Waals surface area contributed by atoms with Crippen LogP contribution in [0.1, 0.15) is 5.69 Å². The molecule has 8 heteroatoms. The van der Waals surface area contributed by atoms with E-state index in [-0.39, 0.29) is 11.8 Å². The highest BCUT2D eigenvalue weighted by Gasteiger charge is 2.32. The Labute approximate surface area is 99.7 Å². The Kier molecular flexibility index (Phi) is 2.77. The van der Waals surface area contributed by atoms with Crippen molar-refractivity contribution in [1.29, 1.82) is 0 Å². The summed E-state index contributed by atoms with van der Waals surface area (Å²) in [5.74, 6) is 0.0835. The van der Waals surface area contributed by atoms with Gasteiger partial charge in [-0.2, -0.15) is 18.2 Å². The van der Waals surface area contributed by atoms with Crippen molar-refractivity contribution < 1.29 is 13.2 Å². The van der Waals surface area contributed by atoms with Crippen molar-refractivity contribution in [3.8, 4) is 11.1 Å². The second kappa shape index (κ2) is 4.13. The highest BCUT2D eigenvalue weighted by Crippen LogP contribution is 2.29. The van der Waals surface area contributed by atoms with E-state index >= 15 is 0 Å². The number of aromatic nitrogens is 3. The summed E-state index contributed by atoms with van der Waals surface area (Å²) in [6, 6.07) is 2.12. The molecule has 0 aliphatic carbocycles. The van der Waals surface area contributed by atoms with Crippen LogP contribution >= 0.6 is 0 Å². The molecule has 0 aliphatic heterocycles. The lowest BCUT2D eigenvalue weighted by atomic mass is 10.1. The van der Waals surface area contributed by atoms with Crippen LogP contribution in [0, 0.1) is 0 Å². The molecule has 0 amide bonds. The third kappa shape index (κ3) is 2.31. The maximum absolute atomic E-state index is 12.3. The van der Waals surface area contributed by atoms with Crippen LogP contribution in [0.15, 0.2) is 24.5 Å². The van der Waals surface area contributed by atoms with Crippen molar-refractivity contribution in [2.75, 3.05) is 11.5 Å². The molecule has 0 saturated carbocycles. The third-order valence-electron chi connectivity index (χ3n) is 2.20. The molecule has 0 bridgehead atoms. The van der Waals surface area contributed by atoms with Crippen LogP contribution in [-0.2, 0) is 6.18 Å². The van der Waals surface area contributed by atoms with Gasteiger partial charge in [0.25, 0.3) is 0 Å². The van der Waals surface area contributed by atoms with Gasteiger partial charge in [0, 0.05) is 23.5 Å². The Morgan fingerprint density at radius 1 is 1.00 bits per heavy atom. The molecule has 2 aromatic heterocycles. The Morgan fingerprint density at radius 2 is 1.72 bits per heavy atom. The molecule has 0 aromatic carbocycles. The van der Waals surface area contributed by atoms with Crippen molar-refractivity contribution in [2.24, 2.45) is 0 Å². The smallest absolute Gasteiger partial charge is 0.383 e. The van der Waals surface area contributed by atoms with Gasteiger partial charge in [0.15, 0.2) is 0 Å². The summed E-state index contributed by atoms with van der Waals surface area (Å²) in [6.45, 7) is 0. The summed E-state index contributed by atoms with van der Waals surface area (Å²) in [6.07, 6.45) is -2.07. The Hall–Kier alpha value is -2.38. The van der Waals surface area contributed by atoms with E-state index in [1.54, 1.807) is 0 Å². The van der Waals surface area contributed by atoms with Gasteiger partial charge in [0.2, 0.25) is 5.95 Å². The quantitative estimate of drug-likeness (QED) is 0.809. The van der Waals surface area contributed by atoms with Crippen LogP contribution in [0.2, 0.25) is 0 Å². The molecular weight excluding hydrogens is 247 g/mol. The minimum Gasteiger partial charge on any atom is -0.383 e. The SMILES string of the molecule is Nc1ncc(-c2ccc(C(F)(F)F)nc2)c(N)n1. The monoisotopic (exact) mass is 255 g/mol. The fraction of sp³-hybridized carbons (Fsp3) is 0.100. The first-order valence-corrected chi connectivity index (χ1v) is 4.79. The van der Waals surface area contributed by atoms with Crippen LogP contribution in [-0.4, -0.2) is 15.0 Å². The summed E-state index contributed by atoms with van der Waals surface area (Å²) >= 11 is 0. The minimum absolute atomic E-state index is 0.00359. The van der Waals surface area contributed by atoms with E-state index in [1.165, 1.54) is 12.3 Å². The average Bonchev–Trinajstić information content (AvgIpc) is 2.28. The van der Waals surface area contributed by atoms with Gasteiger partial charge in [-0.25, -0.2) is 4.98 Å². The molecule has 2 heterocycles. The van der Waals surface area contributed by atoms with Gasteiger partial charge in [0.1, 0.15) is 11.5 Å². The van der Waals surface area contributed by atoms with Gasteiger partial charge in [0.05, 0.1) is 0 Å². The lowest BCUT2D eigenvalue weighted by Gasteiger charge is -2.07. The van der Waals surface area contributed by atoms with Crippen LogP contribution in [0.4, 0.5) is 24.9 Å². The Morgan fingerprint density at radius 3 is 2.22 bits per heavy atom. The van der Waals surface area contributed by atoms with E-state index in [4.69, 9.17) is 11.5 Å². The average molecular weight is 255 g/mol. The molecule has 4 N–H and O–H groups in total. The lowest BCUT2D eigenvalue weighted by molar-refractivity contribution is -0.141. The zero-order valence-corrected chi connectivity index (χ0v) is 8.94. The number of alkyl halides is 3. The van der Waals surface area contributed by atoms with Crippen LogP contribution in [0.5, 0.6) is 0 Å². The molecule has 0 atom stereocenters. The van der Waals surface area contributed by atoms with Crippen LogP contribution in [0.3, 0.4) is 0 Å². The Bertz CT molecular complexity index is 565. The number of nitrogens with two attached hydrogens (primary N) is 2. The zero-order chi connectivity index (χ0) is 13.3. The second-order valence-corrected chi connectivity index (χ2v) is 3.46. The number of halogens is 3. The van der Waals surface area contributed by atoms with E-state index in [0.29, 0.717) is 11.1 Å². The number of hydrogen-bond donors (Lipinski definition) is 2. The van der Waals surface area contributed by atoms with Gasteiger partial charge in [-0.05, 0) is 6.07 Å². The third-order valence-corrected chi connectivity index (χ3v) is 2.20. The van der Waals surface area contributed by atoms with Crippen molar-refractivity contribution in [1.82, 2.24) is 15.0 Å². The molecule has 94 valence electrons. The van der Waals surface area contributed by atoms with Gasteiger partial charge >= 0.3 is 6.18 Å². The highest BCUT2D eigenvalue weighted by atomic mass is 19.4. The summed E-state index contributed by atoms with van der Waals surface area (Å²) in [5, 5.41) is 0. The summed E-state index contributed by atoms with van der Waals surface area (Å²) in [4.78, 5) is 10.8. The van der Waals surface area contributed by atoms with Gasteiger partial charge in [-0.15, -0.1) is 0 Å². The number of rotatable bonds is 1. The highest BCUT2D eigenvalue weighted by molar-refractivity contribution is 5.72. The van der Waals surface area contributed by atoms with Gasteiger partial charge in [-0.3, -0.25) is 4.98 Å². The van der Waals surface area contributed by atoms with Gasteiger partial charge in [-0.1, -0.05) is 6.07 Å². The largest absolute Gasteiger partial charge is 0.433 e. The molecular formula is C10H8F3N5. The first kappa shape index (κ1) is 12.1. The molecule has 0 fully saturated rings. The summed E-state index contributed by atoms with van der Waals surface area (Å²) in [7, 11) is 0. The van der Waals surface area contributed by atoms with E-state index in [2.05, 4.69) is 15.0 Å². The van der Waals surface area contributed by atoms with E-state index in [9.17, 15) is 13.2 Å². The van der Waals surface area contributed by atoms with Crippen molar-refractivity contribution in [2.45, 2.75) is 6.18 Å². The predicted molar refractivity (Wildman–Crippen MR) is 59.1 cm³/mol. The minimum atomic E-state index is -4.47. The Balaban J connectivity index is 2.41. The first-order chi connectivity index (χ1) is 8.38. The fourth-order valence-electron chi connectivity index (χ4n) is 1.35. The lowest BCUT2D eigenvalue weighted by Crippen LogP contribution is -2.07. The van der Waals surface area contributed by atoms with Gasteiger partial charge < -0.3 is 11.5 Å². The van der Waals surface area contributed by atoms with E-state index < -0.39 is 11.9 Å². The molecule has 0 unspecified atom stereocenters. The number of pyridine rings is 1. The number of nitrogens with zero attached hydrogens (tertiary/aromatic N) is 3. The van der Waals surface area contributed by atoms with Crippen molar-refractivity contribution in [3.05, 3.63) is 30.2 Å². The number of anilines is 2. The van der Waals surface area contributed by atoms with Crippen LogP contribution < -0.4 is 11.5 Å². The molecule has 2 aromatic rings. The normalized spacial score (nSPS) is 11.5. The molecule has 0 radical (unpaired) electrons. The maximum Gasteiger partial charge on any atom is 0.433 e. The molecule has 0 aliphatic rings. The van der Waals surface area contributed by atoms with Crippen molar-refractivity contribution in [3.63, 3.8) is 0 Å². The molecule has 18 heavy (non-hydrogen) atoms. The molecule has 5 nitrogen and oxygen atoms in total. The van der Waals surface area contributed by atoms with E-state index in [0.717, 1.165) is 12.3 Å². The predicted octanol–water partition coefficient (Wildman–Crippen LogP) is 1.72. The zero-order valence-electron chi connectivity index (χ0n) is 8.94. The number of hydrogen-bond acceptors (Lipinski definition) is 5. The van der Waals surface area contributed by atoms with Crippen LogP contribution in [0.25, 0.3) is 11.1 Å². The topological polar surface area (TPSA) is 90.7 Å². The maximum atomic E-state index is 12.3. The standard InChI is InChI=1S/C10H8F3N5/c11-10(12,13)7-2-1-5(3-16-7)6-4-17-9(15)18-8(6)14/h1-4H,(H4,14,15,17,18). The van der Waals surface area contributed by atoms with E-state index in [1.807, 2.05) is 0 Å². The fourth-order valence-corrected chi connectivity index (χ4v) is 1.35. The molecule has 0 saturated heterocycles. The molecule has 2 rings (SSSR count). The summed E-state index contributed by atoms with van der Waals surface area (Å²) < 4.78 is 37.0. The first-order valence-electron chi connectivity index (χ1n) is 4.79. The van der Waals surface area contributed by atoms with Crippen molar-refractivity contribution >= 4 is 11.8 Å². The summed E-state index contributed by atoms with van der Waals surface area (Å²) in [5.41, 5.74) is 10.7. The number of nitrogen functional groups attached to an aromatic ring is 2. The second-order valence-electron chi connectivity index (χ2n) is 3.46. The molecule has 0 spiro atoms.